The SMILES string of the molecule is CCC1(C)NC(=O)N(Cc2cnc(NN)s2)C1=O. The maximum Gasteiger partial charge on any atom is 0.325 e. The molecule has 3 amide bonds. The second kappa shape index (κ2) is 4.54. The molecular formula is C10H15N5O2S. The maximum atomic E-state index is 12.1. The van der Waals surface area contributed by atoms with Crippen LogP contribution in [0, 0.1) is 0 Å². The van der Waals surface area contributed by atoms with E-state index in [1.807, 2.05) is 6.92 Å². The molecule has 4 N–H and O–H groups in total. The van der Waals surface area contributed by atoms with Crippen LogP contribution in [0.1, 0.15) is 25.1 Å². The molecule has 0 aromatic carbocycles. The molecule has 0 radical (unpaired) electrons. The van der Waals surface area contributed by atoms with Gasteiger partial charge in [0, 0.05) is 11.1 Å². The summed E-state index contributed by atoms with van der Waals surface area (Å²) in [6, 6.07) is -0.361. The molecule has 8 heteroatoms. The number of nitrogens with zero attached hydrogens (tertiary/aromatic N) is 2. The second-order valence-electron chi connectivity index (χ2n) is 4.28. The first kappa shape index (κ1) is 12.8. The number of aromatic nitrogens is 1. The number of hydrazine groups is 1. The van der Waals surface area contributed by atoms with Gasteiger partial charge in [-0.1, -0.05) is 18.3 Å². The lowest BCUT2D eigenvalue weighted by Gasteiger charge is -2.18. The highest BCUT2D eigenvalue weighted by Gasteiger charge is 2.46. The largest absolute Gasteiger partial charge is 0.325 e. The number of thiazole rings is 1. The number of hydrogen-bond acceptors (Lipinski definition) is 6. The van der Waals surface area contributed by atoms with Crippen molar-refractivity contribution in [1.82, 2.24) is 15.2 Å². The first-order valence-electron chi connectivity index (χ1n) is 5.55. The zero-order valence-electron chi connectivity index (χ0n) is 10.2. The average Bonchev–Trinajstić information content (AvgIpc) is 2.89. The smallest absolute Gasteiger partial charge is 0.323 e. The number of nitrogens with one attached hydrogen (secondary N) is 2. The highest BCUT2D eigenvalue weighted by atomic mass is 32.1. The van der Waals surface area contributed by atoms with Crippen LogP contribution in [0.15, 0.2) is 6.20 Å². The van der Waals surface area contributed by atoms with E-state index in [9.17, 15) is 9.59 Å². The van der Waals surface area contributed by atoms with Gasteiger partial charge in [-0.2, -0.15) is 0 Å². The normalized spacial score (nSPS) is 23.4. The van der Waals surface area contributed by atoms with Gasteiger partial charge >= 0.3 is 6.03 Å². The first-order chi connectivity index (χ1) is 8.50. The minimum atomic E-state index is -0.795. The van der Waals surface area contributed by atoms with E-state index in [2.05, 4.69) is 15.7 Å². The number of nitrogen functional groups attached to an aromatic ring is 1. The molecule has 0 spiro atoms. The Kier molecular flexibility index (Phi) is 3.22. The van der Waals surface area contributed by atoms with Crippen molar-refractivity contribution in [3.05, 3.63) is 11.1 Å². The molecule has 0 saturated carbocycles. The number of urea groups is 1. The van der Waals surface area contributed by atoms with Crippen molar-refractivity contribution in [2.24, 2.45) is 5.84 Å². The molecule has 1 saturated heterocycles. The van der Waals surface area contributed by atoms with Gasteiger partial charge in [0.15, 0.2) is 5.13 Å². The standard InChI is InChI=1S/C10H15N5O2S/c1-3-10(2)7(16)15(9(17)13-10)5-6-4-12-8(14-11)18-6/h4H,3,5,11H2,1-2H3,(H,12,14)(H,13,17). The molecule has 1 aliphatic heterocycles. The third-order valence-corrected chi connectivity index (χ3v) is 3.96. The van der Waals surface area contributed by atoms with E-state index >= 15 is 0 Å². The Labute approximate surface area is 108 Å². The zero-order valence-corrected chi connectivity index (χ0v) is 11.0. The Morgan fingerprint density at radius 2 is 2.33 bits per heavy atom. The second-order valence-corrected chi connectivity index (χ2v) is 5.40. The van der Waals surface area contributed by atoms with E-state index < -0.39 is 5.54 Å². The number of imide groups is 1. The number of anilines is 1. The van der Waals surface area contributed by atoms with Gasteiger partial charge in [0.05, 0.1) is 6.54 Å². The quantitative estimate of drug-likeness (QED) is 0.423. The van der Waals surface area contributed by atoms with Crippen LogP contribution in [0.4, 0.5) is 9.93 Å². The number of amides is 3. The van der Waals surface area contributed by atoms with Gasteiger partial charge in [0.2, 0.25) is 0 Å². The molecule has 98 valence electrons. The molecule has 1 aromatic heterocycles. The van der Waals surface area contributed by atoms with Crippen molar-refractivity contribution < 1.29 is 9.59 Å². The summed E-state index contributed by atoms with van der Waals surface area (Å²) in [5, 5.41) is 3.25. The van der Waals surface area contributed by atoms with Gasteiger partial charge in [-0.3, -0.25) is 15.1 Å². The van der Waals surface area contributed by atoms with Crippen molar-refractivity contribution in [3.8, 4) is 0 Å². The van der Waals surface area contributed by atoms with Gasteiger partial charge in [-0.05, 0) is 13.3 Å². The molecule has 2 heterocycles. The van der Waals surface area contributed by atoms with E-state index in [0.717, 1.165) is 4.88 Å². The number of hydrogen-bond donors (Lipinski definition) is 3. The number of rotatable bonds is 4. The number of nitrogens with two attached hydrogens (primary N) is 1. The van der Waals surface area contributed by atoms with E-state index in [1.165, 1.54) is 16.2 Å². The van der Waals surface area contributed by atoms with Crippen molar-refractivity contribution in [1.29, 1.82) is 0 Å². The molecule has 1 atom stereocenters. The topological polar surface area (TPSA) is 100 Å². The molecule has 1 aromatic rings. The highest BCUT2D eigenvalue weighted by molar-refractivity contribution is 7.15. The lowest BCUT2D eigenvalue weighted by atomic mass is 9.99. The molecule has 7 nitrogen and oxygen atoms in total. The van der Waals surface area contributed by atoms with Crippen LogP contribution < -0.4 is 16.6 Å². The first-order valence-corrected chi connectivity index (χ1v) is 6.37. The van der Waals surface area contributed by atoms with Gasteiger partial charge < -0.3 is 5.32 Å². The van der Waals surface area contributed by atoms with E-state index in [1.54, 1.807) is 13.1 Å². The van der Waals surface area contributed by atoms with Crippen LogP contribution in [0.2, 0.25) is 0 Å². The fourth-order valence-electron chi connectivity index (χ4n) is 1.73. The van der Waals surface area contributed by atoms with E-state index in [4.69, 9.17) is 5.84 Å². The van der Waals surface area contributed by atoms with E-state index in [0.29, 0.717) is 11.6 Å². The van der Waals surface area contributed by atoms with E-state index in [-0.39, 0.29) is 18.5 Å². The van der Waals surface area contributed by atoms with Gasteiger partial charge in [-0.15, -0.1) is 0 Å². The molecule has 1 fully saturated rings. The summed E-state index contributed by atoms with van der Waals surface area (Å²) in [6.45, 7) is 3.82. The van der Waals surface area contributed by atoms with Crippen LogP contribution in [0.25, 0.3) is 0 Å². The summed E-state index contributed by atoms with van der Waals surface area (Å²) in [7, 11) is 0. The summed E-state index contributed by atoms with van der Waals surface area (Å²) >= 11 is 1.31. The van der Waals surface area contributed by atoms with Crippen molar-refractivity contribution in [2.45, 2.75) is 32.4 Å². The molecule has 18 heavy (non-hydrogen) atoms. The van der Waals surface area contributed by atoms with Crippen LogP contribution in [-0.4, -0.2) is 27.4 Å². The lowest BCUT2D eigenvalue weighted by molar-refractivity contribution is -0.131. The van der Waals surface area contributed by atoms with Crippen molar-refractivity contribution >= 4 is 28.4 Å². The lowest BCUT2D eigenvalue weighted by Crippen LogP contribution is -2.43. The van der Waals surface area contributed by atoms with Crippen LogP contribution in [0.5, 0.6) is 0 Å². The Balaban J connectivity index is 2.14. The Bertz CT molecular complexity index is 488. The molecule has 1 aliphatic rings. The third kappa shape index (κ3) is 2.04. The molecule has 1 unspecified atom stereocenters. The Morgan fingerprint density at radius 3 is 2.83 bits per heavy atom. The highest BCUT2D eigenvalue weighted by Crippen LogP contribution is 2.25. The third-order valence-electron chi connectivity index (χ3n) is 3.04. The van der Waals surface area contributed by atoms with Crippen LogP contribution in [0.3, 0.4) is 0 Å². The van der Waals surface area contributed by atoms with Crippen molar-refractivity contribution in [2.75, 3.05) is 5.43 Å². The van der Waals surface area contributed by atoms with Gasteiger partial charge in [-0.25, -0.2) is 15.6 Å². The van der Waals surface area contributed by atoms with Crippen LogP contribution >= 0.6 is 11.3 Å². The predicted octanol–water partition coefficient (Wildman–Crippen LogP) is 0.649. The van der Waals surface area contributed by atoms with Gasteiger partial charge in [0.1, 0.15) is 5.54 Å². The molecule has 0 aliphatic carbocycles. The average molecular weight is 269 g/mol. The summed E-state index contributed by atoms with van der Waals surface area (Å²) in [6.07, 6.45) is 2.16. The summed E-state index contributed by atoms with van der Waals surface area (Å²) in [5.41, 5.74) is 1.63. The summed E-state index contributed by atoms with van der Waals surface area (Å²) in [4.78, 5) is 29.9. The molecular weight excluding hydrogens is 254 g/mol. The summed E-state index contributed by atoms with van der Waals surface area (Å²) in [5.74, 6) is 5.03. The minimum Gasteiger partial charge on any atom is -0.323 e. The molecule has 2 rings (SSSR count). The minimum absolute atomic E-state index is 0.203. The van der Waals surface area contributed by atoms with Crippen molar-refractivity contribution in [3.63, 3.8) is 0 Å². The zero-order chi connectivity index (χ0) is 13.3. The van der Waals surface area contributed by atoms with Crippen LogP contribution in [-0.2, 0) is 11.3 Å². The Hall–Kier alpha value is -1.67. The fourth-order valence-corrected chi connectivity index (χ4v) is 2.45. The van der Waals surface area contributed by atoms with Gasteiger partial charge in [0.25, 0.3) is 5.91 Å². The monoisotopic (exact) mass is 269 g/mol. The predicted molar refractivity (Wildman–Crippen MR) is 67.7 cm³/mol. The molecule has 0 bridgehead atoms. The number of carbonyl (C=O) groups excluding carboxylic acids is 2. The Morgan fingerprint density at radius 1 is 1.61 bits per heavy atom. The number of carbonyl (C=O) groups is 2. The maximum absolute atomic E-state index is 12.1. The fraction of sp³-hybridized carbons (Fsp3) is 0.500. The summed E-state index contributed by atoms with van der Waals surface area (Å²) < 4.78 is 0.